The van der Waals surface area contributed by atoms with Gasteiger partial charge in [0.2, 0.25) is 10.0 Å². The molecule has 2 saturated heterocycles. The third-order valence-corrected chi connectivity index (χ3v) is 8.08. The standard InChI is InChI=1S/C24H31N3O3S/c28-24(25-19-20-10-4-1-5-11-20)21-12-13-22(26-14-6-2-7-15-26)23(18-21)31(29,30)27-16-8-3-9-17-27/h1,4-5,10-13,18H,2-3,6-9,14-17,19H2,(H,25,28). The number of nitrogens with one attached hydrogen (secondary N) is 1. The second kappa shape index (κ2) is 9.83. The van der Waals surface area contributed by atoms with Gasteiger partial charge in [-0.3, -0.25) is 4.79 Å². The maximum absolute atomic E-state index is 13.6. The fraction of sp³-hybridized carbons (Fsp3) is 0.458. The van der Waals surface area contributed by atoms with E-state index in [2.05, 4.69) is 10.2 Å². The molecule has 0 aromatic heterocycles. The molecule has 0 unspecified atom stereocenters. The summed E-state index contributed by atoms with van der Waals surface area (Å²) in [4.78, 5) is 15.3. The van der Waals surface area contributed by atoms with Crippen molar-refractivity contribution in [1.82, 2.24) is 9.62 Å². The summed E-state index contributed by atoms with van der Waals surface area (Å²) in [7, 11) is -3.65. The molecule has 2 heterocycles. The molecule has 166 valence electrons. The Morgan fingerprint density at radius 2 is 1.48 bits per heavy atom. The molecular formula is C24H31N3O3S. The maximum atomic E-state index is 13.6. The molecule has 0 bridgehead atoms. The highest BCUT2D eigenvalue weighted by Gasteiger charge is 2.31. The van der Waals surface area contributed by atoms with Crippen molar-refractivity contribution in [3.63, 3.8) is 0 Å². The lowest BCUT2D eigenvalue weighted by Gasteiger charge is -2.33. The number of amides is 1. The molecule has 2 fully saturated rings. The normalized spacial score (nSPS) is 18.0. The molecule has 2 aliphatic heterocycles. The van der Waals surface area contributed by atoms with Gasteiger partial charge in [0.1, 0.15) is 4.90 Å². The smallest absolute Gasteiger partial charge is 0.251 e. The zero-order valence-electron chi connectivity index (χ0n) is 17.9. The van der Waals surface area contributed by atoms with E-state index in [0.29, 0.717) is 25.2 Å². The molecule has 6 nitrogen and oxygen atoms in total. The van der Waals surface area contributed by atoms with Crippen molar-refractivity contribution >= 4 is 21.6 Å². The van der Waals surface area contributed by atoms with Crippen molar-refractivity contribution in [3.05, 3.63) is 59.7 Å². The van der Waals surface area contributed by atoms with Gasteiger partial charge in [0.05, 0.1) is 5.69 Å². The van der Waals surface area contributed by atoms with Gasteiger partial charge in [-0.05, 0) is 55.9 Å². The van der Waals surface area contributed by atoms with Gasteiger partial charge in [0.15, 0.2) is 0 Å². The lowest BCUT2D eigenvalue weighted by molar-refractivity contribution is 0.0950. The fourth-order valence-corrected chi connectivity index (χ4v) is 6.14. The number of nitrogens with zero attached hydrogens (tertiary/aromatic N) is 2. The first-order chi connectivity index (χ1) is 15.1. The minimum atomic E-state index is -3.65. The molecular weight excluding hydrogens is 410 g/mol. The highest BCUT2D eigenvalue weighted by molar-refractivity contribution is 7.89. The van der Waals surface area contributed by atoms with E-state index in [-0.39, 0.29) is 10.8 Å². The van der Waals surface area contributed by atoms with Gasteiger partial charge in [-0.1, -0.05) is 36.8 Å². The Morgan fingerprint density at radius 1 is 0.839 bits per heavy atom. The Bertz CT molecular complexity index is 996. The van der Waals surface area contributed by atoms with E-state index in [9.17, 15) is 13.2 Å². The second-order valence-electron chi connectivity index (χ2n) is 8.36. The lowest BCUT2D eigenvalue weighted by Crippen LogP contribution is -2.38. The monoisotopic (exact) mass is 441 g/mol. The summed E-state index contributed by atoms with van der Waals surface area (Å²) in [6, 6.07) is 14.8. The zero-order chi connectivity index (χ0) is 21.7. The molecule has 1 N–H and O–H groups in total. The van der Waals surface area contributed by atoms with Gasteiger partial charge in [-0.2, -0.15) is 4.31 Å². The molecule has 1 amide bonds. The van der Waals surface area contributed by atoms with Gasteiger partial charge in [0, 0.05) is 38.3 Å². The number of hydrogen-bond donors (Lipinski definition) is 1. The Hall–Kier alpha value is -2.38. The maximum Gasteiger partial charge on any atom is 0.251 e. The molecule has 2 aliphatic rings. The molecule has 2 aromatic rings. The van der Waals surface area contributed by atoms with E-state index in [1.54, 1.807) is 16.4 Å². The number of carbonyl (C=O) groups is 1. The number of carbonyl (C=O) groups excluding carboxylic acids is 1. The Labute approximate surface area is 185 Å². The molecule has 0 radical (unpaired) electrons. The van der Waals surface area contributed by atoms with Gasteiger partial charge in [-0.15, -0.1) is 0 Å². The van der Waals surface area contributed by atoms with Crippen molar-refractivity contribution in [2.45, 2.75) is 50.0 Å². The number of anilines is 1. The average molecular weight is 442 g/mol. The summed E-state index contributed by atoms with van der Waals surface area (Å²) in [6.45, 7) is 3.20. The highest BCUT2D eigenvalue weighted by Crippen LogP contribution is 2.32. The zero-order valence-corrected chi connectivity index (χ0v) is 18.7. The first-order valence-corrected chi connectivity index (χ1v) is 12.7. The quantitative estimate of drug-likeness (QED) is 0.741. The number of hydrogen-bond acceptors (Lipinski definition) is 4. The molecule has 31 heavy (non-hydrogen) atoms. The second-order valence-corrected chi connectivity index (χ2v) is 10.3. The number of sulfonamides is 1. The van der Waals surface area contributed by atoms with Crippen LogP contribution >= 0.6 is 0 Å². The fourth-order valence-electron chi connectivity index (χ4n) is 4.38. The van der Waals surface area contributed by atoms with Crippen molar-refractivity contribution in [2.75, 3.05) is 31.1 Å². The van der Waals surface area contributed by atoms with Gasteiger partial charge >= 0.3 is 0 Å². The van der Waals surface area contributed by atoms with E-state index in [1.807, 2.05) is 36.4 Å². The number of rotatable bonds is 6. The summed E-state index contributed by atoms with van der Waals surface area (Å²) in [5.74, 6) is -0.260. The molecule has 0 saturated carbocycles. The molecule has 4 rings (SSSR count). The van der Waals surface area contributed by atoms with E-state index >= 15 is 0 Å². The van der Waals surface area contributed by atoms with Crippen LogP contribution in [0.5, 0.6) is 0 Å². The average Bonchev–Trinajstić information content (AvgIpc) is 2.84. The Kier molecular flexibility index (Phi) is 6.92. The topological polar surface area (TPSA) is 69.7 Å². The van der Waals surface area contributed by atoms with Crippen molar-refractivity contribution in [1.29, 1.82) is 0 Å². The van der Waals surface area contributed by atoms with E-state index < -0.39 is 10.0 Å². The van der Waals surface area contributed by atoms with Crippen molar-refractivity contribution in [3.8, 4) is 0 Å². The molecule has 0 aliphatic carbocycles. The minimum Gasteiger partial charge on any atom is -0.370 e. The molecule has 0 spiro atoms. The molecule has 7 heteroatoms. The van der Waals surface area contributed by atoms with Crippen LogP contribution in [0.15, 0.2) is 53.4 Å². The summed E-state index contributed by atoms with van der Waals surface area (Å²) in [5, 5.41) is 2.91. The van der Waals surface area contributed by atoms with Crippen molar-refractivity contribution in [2.24, 2.45) is 0 Å². The first-order valence-electron chi connectivity index (χ1n) is 11.3. The van der Waals surface area contributed by atoms with Crippen LogP contribution in [0.1, 0.15) is 54.4 Å². The van der Waals surface area contributed by atoms with Crippen LogP contribution in [0.4, 0.5) is 5.69 Å². The van der Waals surface area contributed by atoms with Crippen LogP contribution in [-0.2, 0) is 16.6 Å². The largest absolute Gasteiger partial charge is 0.370 e. The third-order valence-electron chi connectivity index (χ3n) is 6.15. The minimum absolute atomic E-state index is 0.260. The number of piperidine rings is 2. The third kappa shape index (κ3) is 5.10. The van der Waals surface area contributed by atoms with Crippen molar-refractivity contribution < 1.29 is 13.2 Å². The van der Waals surface area contributed by atoms with Crippen LogP contribution in [0.3, 0.4) is 0 Å². The highest BCUT2D eigenvalue weighted by atomic mass is 32.2. The first kappa shape index (κ1) is 21.8. The Balaban J connectivity index is 1.63. The lowest BCUT2D eigenvalue weighted by atomic mass is 10.1. The van der Waals surface area contributed by atoms with E-state index in [4.69, 9.17) is 0 Å². The van der Waals surface area contributed by atoms with Crippen LogP contribution in [0, 0.1) is 0 Å². The van der Waals surface area contributed by atoms with Gasteiger partial charge in [0.25, 0.3) is 5.91 Å². The Morgan fingerprint density at radius 3 is 2.16 bits per heavy atom. The predicted molar refractivity (Wildman–Crippen MR) is 123 cm³/mol. The van der Waals surface area contributed by atoms with Crippen LogP contribution in [0.25, 0.3) is 0 Å². The summed E-state index contributed by atoms with van der Waals surface area (Å²) in [6.07, 6.45) is 6.12. The van der Waals surface area contributed by atoms with Crippen LogP contribution < -0.4 is 10.2 Å². The number of benzene rings is 2. The van der Waals surface area contributed by atoms with Crippen LogP contribution in [0.2, 0.25) is 0 Å². The molecule has 2 aromatic carbocycles. The van der Waals surface area contributed by atoms with E-state index in [1.165, 1.54) is 6.42 Å². The summed E-state index contributed by atoms with van der Waals surface area (Å²) >= 11 is 0. The van der Waals surface area contributed by atoms with Crippen LogP contribution in [-0.4, -0.2) is 44.8 Å². The van der Waals surface area contributed by atoms with Gasteiger partial charge in [-0.25, -0.2) is 8.42 Å². The van der Waals surface area contributed by atoms with E-state index in [0.717, 1.165) is 56.4 Å². The molecule has 0 atom stereocenters. The summed E-state index contributed by atoms with van der Waals surface area (Å²) in [5.41, 5.74) is 2.11. The van der Waals surface area contributed by atoms with Gasteiger partial charge < -0.3 is 10.2 Å². The predicted octanol–water partition coefficient (Wildman–Crippen LogP) is 3.78. The SMILES string of the molecule is O=C(NCc1ccccc1)c1ccc(N2CCCCC2)c(S(=O)(=O)N2CCCCC2)c1. The summed E-state index contributed by atoms with van der Waals surface area (Å²) < 4.78 is 28.7.